The largest absolute Gasteiger partial charge is 0.350 e. The molecular formula is C18H22N4O2. The number of benzene rings is 1. The first-order chi connectivity index (χ1) is 11.6. The van der Waals surface area contributed by atoms with E-state index in [4.69, 9.17) is 0 Å². The predicted octanol–water partition coefficient (Wildman–Crippen LogP) is 3.01. The van der Waals surface area contributed by atoms with Gasteiger partial charge in [0.2, 0.25) is 5.82 Å². The third-order valence-electron chi connectivity index (χ3n) is 4.38. The Balaban J connectivity index is 1.67. The van der Waals surface area contributed by atoms with Crippen molar-refractivity contribution in [2.45, 2.75) is 19.9 Å². The van der Waals surface area contributed by atoms with E-state index in [9.17, 15) is 10.1 Å². The maximum atomic E-state index is 11.2. The molecule has 0 spiro atoms. The van der Waals surface area contributed by atoms with E-state index in [2.05, 4.69) is 41.1 Å². The molecule has 1 aliphatic heterocycles. The molecule has 0 bridgehead atoms. The first-order valence-corrected chi connectivity index (χ1v) is 8.26. The van der Waals surface area contributed by atoms with Gasteiger partial charge >= 0.3 is 5.69 Å². The van der Waals surface area contributed by atoms with E-state index < -0.39 is 0 Å². The summed E-state index contributed by atoms with van der Waals surface area (Å²) in [6, 6.07) is 11.7. The lowest BCUT2D eigenvalue weighted by molar-refractivity contribution is -0.384. The minimum Gasteiger partial charge on any atom is -0.350 e. The number of aromatic nitrogens is 1. The van der Waals surface area contributed by atoms with Crippen LogP contribution in [0.5, 0.6) is 0 Å². The van der Waals surface area contributed by atoms with Crippen molar-refractivity contribution in [3.05, 3.63) is 63.8 Å². The van der Waals surface area contributed by atoms with E-state index in [1.165, 1.54) is 17.2 Å². The molecule has 2 aromatic rings. The minimum absolute atomic E-state index is 0.0875. The smallest absolute Gasteiger partial charge is 0.311 e. The fourth-order valence-corrected chi connectivity index (χ4v) is 3.07. The summed E-state index contributed by atoms with van der Waals surface area (Å²) in [6.07, 6.45) is 2.59. The Kier molecular flexibility index (Phi) is 5.05. The zero-order valence-electron chi connectivity index (χ0n) is 13.9. The monoisotopic (exact) mass is 326 g/mol. The molecule has 0 radical (unpaired) electrons. The van der Waals surface area contributed by atoms with Gasteiger partial charge in [-0.1, -0.05) is 29.8 Å². The van der Waals surface area contributed by atoms with Gasteiger partial charge in [-0.05, 0) is 25.0 Å². The molecule has 0 amide bonds. The van der Waals surface area contributed by atoms with Crippen LogP contribution in [0, 0.1) is 17.0 Å². The van der Waals surface area contributed by atoms with Crippen molar-refractivity contribution in [2.24, 2.45) is 0 Å². The van der Waals surface area contributed by atoms with Gasteiger partial charge in [0.1, 0.15) is 0 Å². The van der Waals surface area contributed by atoms with Crippen molar-refractivity contribution in [3.8, 4) is 0 Å². The van der Waals surface area contributed by atoms with Crippen LogP contribution in [0.4, 0.5) is 11.5 Å². The van der Waals surface area contributed by atoms with Gasteiger partial charge in [0.05, 0.1) is 4.92 Å². The lowest BCUT2D eigenvalue weighted by Crippen LogP contribution is -2.31. The van der Waals surface area contributed by atoms with E-state index in [0.29, 0.717) is 5.82 Å². The number of nitro groups is 1. The number of anilines is 1. The van der Waals surface area contributed by atoms with Crippen LogP contribution in [0.15, 0.2) is 42.6 Å². The predicted molar refractivity (Wildman–Crippen MR) is 94.2 cm³/mol. The Morgan fingerprint density at radius 3 is 2.67 bits per heavy atom. The fraction of sp³-hybridized carbons (Fsp3) is 0.389. The summed E-state index contributed by atoms with van der Waals surface area (Å²) in [4.78, 5) is 19.5. The maximum Gasteiger partial charge on any atom is 0.311 e. The number of rotatable bonds is 4. The van der Waals surface area contributed by atoms with Crippen LogP contribution in [0.3, 0.4) is 0 Å². The SMILES string of the molecule is Cc1ccc(CN2CCCN(c3ncccc3[N+](=O)[O-])CC2)cc1. The van der Waals surface area contributed by atoms with E-state index >= 15 is 0 Å². The van der Waals surface area contributed by atoms with Crippen LogP contribution >= 0.6 is 0 Å². The third kappa shape index (κ3) is 3.89. The number of hydrogen-bond donors (Lipinski definition) is 0. The summed E-state index contributed by atoms with van der Waals surface area (Å²) < 4.78 is 0. The lowest BCUT2D eigenvalue weighted by Gasteiger charge is -2.22. The maximum absolute atomic E-state index is 11.2. The Morgan fingerprint density at radius 1 is 1.12 bits per heavy atom. The minimum atomic E-state index is -0.350. The summed E-state index contributed by atoms with van der Waals surface area (Å²) in [5.41, 5.74) is 2.66. The normalized spacial score (nSPS) is 16.0. The molecule has 3 rings (SSSR count). The van der Waals surface area contributed by atoms with Crippen molar-refractivity contribution in [1.29, 1.82) is 0 Å². The second kappa shape index (κ2) is 7.40. The quantitative estimate of drug-likeness (QED) is 0.638. The average Bonchev–Trinajstić information content (AvgIpc) is 2.82. The summed E-state index contributed by atoms with van der Waals surface area (Å²) in [5, 5.41) is 11.2. The second-order valence-corrected chi connectivity index (χ2v) is 6.21. The first-order valence-electron chi connectivity index (χ1n) is 8.26. The fourth-order valence-electron chi connectivity index (χ4n) is 3.07. The zero-order valence-corrected chi connectivity index (χ0v) is 13.9. The standard InChI is InChI=1S/C18H22N4O2/c1-15-5-7-16(8-6-15)14-20-10-3-11-21(13-12-20)18-17(22(23)24)4-2-9-19-18/h2,4-9H,3,10-14H2,1H3. The summed E-state index contributed by atoms with van der Waals surface area (Å²) in [5.74, 6) is 0.486. The average molecular weight is 326 g/mol. The molecule has 0 atom stereocenters. The van der Waals surface area contributed by atoms with Crippen molar-refractivity contribution in [1.82, 2.24) is 9.88 Å². The third-order valence-corrected chi connectivity index (χ3v) is 4.38. The van der Waals surface area contributed by atoms with Gasteiger partial charge < -0.3 is 4.90 Å². The van der Waals surface area contributed by atoms with Crippen molar-refractivity contribution >= 4 is 11.5 Å². The number of pyridine rings is 1. The van der Waals surface area contributed by atoms with Gasteiger partial charge in [0, 0.05) is 45.0 Å². The summed E-state index contributed by atoms with van der Waals surface area (Å²) in [6.45, 7) is 6.42. The van der Waals surface area contributed by atoms with Crippen LogP contribution in [0.2, 0.25) is 0 Å². The molecule has 1 aromatic carbocycles. The van der Waals surface area contributed by atoms with Crippen LogP contribution < -0.4 is 4.90 Å². The van der Waals surface area contributed by atoms with Crippen LogP contribution in [-0.4, -0.2) is 41.0 Å². The second-order valence-electron chi connectivity index (χ2n) is 6.21. The highest BCUT2D eigenvalue weighted by molar-refractivity contribution is 5.57. The van der Waals surface area contributed by atoms with Gasteiger partial charge in [-0.2, -0.15) is 0 Å². The van der Waals surface area contributed by atoms with E-state index in [-0.39, 0.29) is 10.6 Å². The highest BCUT2D eigenvalue weighted by Crippen LogP contribution is 2.25. The Bertz CT molecular complexity index is 702. The molecule has 0 N–H and O–H groups in total. The molecule has 0 saturated carbocycles. The molecule has 6 heteroatoms. The topological polar surface area (TPSA) is 62.5 Å². The van der Waals surface area contributed by atoms with Crippen molar-refractivity contribution < 1.29 is 4.92 Å². The van der Waals surface area contributed by atoms with E-state index in [1.54, 1.807) is 12.3 Å². The van der Waals surface area contributed by atoms with Gasteiger partial charge in [-0.25, -0.2) is 4.98 Å². The van der Waals surface area contributed by atoms with Crippen LogP contribution in [-0.2, 0) is 6.54 Å². The molecule has 0 unspecified atom stereocenters. The van der Waals surface area contributed by atoms with Gasteiger partial charge in [0.25, 0.3) is 0 Å². The van der Waals surface area contributed by atoms with Crippen molar-refractivity contribution in [3.63, 3.8) is 0 Å². The highest BCUT2D eigenvalue weighted by Gasteiger charge is 2.23. The number of nitrogens with zero attached hydrogens (tertiary/aromatic N) is 4. The molecular weight excluding hydrogens is 304 g/mol. The number of aryl methyl sites for hydroxylation is 1. The Labute approximate surface area is 141 Å². The van der Waals surface area contributed by atoms with E-state index in [1.807, 2.05) is 4.90 Å². The van der Waals surface area contributed by atoms with Gasteiger partial charge in [-0.3, -0.25) is 15.0 Å². The molecule has 6 nitrogen and oxygen atoms in total. The first kappa shape index (κ1) is 16.4. The summed E-state index contributed by atoms with van der Waals surface area (Å²) in [7, 11) is 0. The molecule has 1 aliphatic rings. The van der Waals surface area contributed by atoms with Crippen molar-refractivity contribution in [2.75, 3.05) is 31.1 Å². The highest BCUT2D eigenvalue weighted by atomic mass is 16.6. The molecule has 24 heavy (non-hydrogen) atoms. The summed E-state index contributed by atoms with van der Waals surface area (Å²) >= 11 is 0. The molecule has 1 saturated heterocycles. The van der Waals surface area contributed by atoms with Gasteiger partial charge in [0.15, 0.2) is 0 Å². The van der Waals surface area contributed by atoms with Crippen LogP contribution in [0.25, 0.3) is 0 Å². The van der Waals surface area contributed by atoms with E-state index in [0.717, 1.165) is 39.1 Å². The molecule has 2 heterocycles. The van der Waals surface area contributed by atoms with Gasteiger partial charge in [-0.15, -0.1) is 0 Å². The molecule has 126 valence electrons. The Hall–Kier alpha value is -2.47. The zero-order chi connectivity index (χ0) is 16.9. The van der Waals surface area contributed by atoms with Crippen LogP contribution in [0.1, 0.15) is 17.5 Å². The molecule has 1 aromatic heterocycles. The Morgan fingerprint density at radius 2 is 1.92 bits per heavy atom. The molecule has 0 aliphatic carbocycles. The molecule has 1 fully saturated rings. The lowest BCUT2D eigenvalue weighted by atomic mass is 10.1. The number of hydrogen-bond acceptors (Lipinski definition) is 5.